The molecule has 0 N–H and O–H groups in total. The number of rotatable bonds is 4. The van der Waals surface area contributed by atoms with Gasteiger partial charge in [-0.05, 0) is 39.0 Å². The second kappa shape index (κ2) is 5.83. The quantitative estimate of drug-likeness (QED) is 0.695. The molecule has 23 heavy (non-hydrogen) atoms. The first-order valence-corrected chi connectivity index (χ1v) is 7.49. The molecule has 0 saturated heterocycles. The number of benzene rings is 1. The van der Waals surface area contributed by atoms with E-state index in [0.29, 0.717) is 17.1 Å². The molecule has 0 atom stereocenters. The highest BCUT2D eigenvalue weighted by Gasteiger charge is 2.16. The Bertz CT molecular complexity index is 897. The molecular formula is C18H19N3O2. The van der Waals surface area contributed by atoms with Gasteiger partial charge in [-0.25, -0.2) is 9.97 Å². The Morgan fingerprint density at radius 3 is 2.39 bits per heavy atom. The van der Waals surface area contributed by atoms with E-state index < -0.39 is 0 Å². The molecule has 0 saturated carbocycles. The van der Waals surface area contributed by atoms with Crippen molar-refractivity contribution in [3.63, 3.8) is 0 Å². The molecule has 1 aromatic carbocycles. The first-order chi connectivity index (χ1) is 11.0. The normalized spacial score (nSPS) is 11.0. The Hall–Kier alpha value is -2.69. The monoisotopic (exact) mass is 309 g/mol. The van der Waals surface area contributed by atoms with Crippen molar-refractivity contribution in [1.29, 1.82) is 0 Å². The summed E-state index contributed by atoms with van der Waals surface area (Å²) in [4.78, 5) is 21.3. The lowest BCUT2D eigenvalue weighted by Gasteiger charge is -2.08. The average molecular weight is 309 g/mol. The van der Waals surface area contributed by atoms with Crippen LogP contribution in [-0.2, 0) is 7.05 Å². The van der Waals surface area contributed by atoms with E-state index in [9.17, 15) is 4.79 Å². The number of fused-ring (bicyclic) bond motifs is 1. The van der Waals surface area contributed by atoms with Crippen molar-refractivity contribution >= 4 is 16.8 Å². The Morgan fingerprint density at radius 2 is 1.78 bits per heavy atom. The fourth-order valence-electron chi connectivity index (χ4n) is 2.56. The van der Waals surface area contributed by atoms with Gasteiger partial charge in [0.15, 0.2) is 6.61 Å². The molecular weight excluding hydrogens is 290 g/mol. The lowest BCUT2D eigenvalue weighted by molar-refractivity contribution is 0.0917. The summed E-state index contributed by atoms with van der Waals surface area (Å²) in [6.07, 6.45) is 0. The van der Waals surface area contributed by atoms with E-state index in [1.807, 2.05) is 62.7 Å². The second-order valence-electron chi connectivity index (χ2n) is 5.66. The Morgan fingerprint density at radius 1 is 1.13 bits per heavy atom. The molecule has 0 amide bonds. The van der Waals surface area contributed by atoms with E-state index in [1.54, 1.807) is 0 Å². The highest BCUT2D eigenvalue weighted by Crippen LogP contribution is 2.19. The topological polar surface area (TPSA) is 57.0 Å². The Labute approximate surface area is 134 Å². The molecule has 2 aromatic heterocycles. The molecule has 5 nitrogen and oxygen atoms in total. The molecule has 3 aromatic rings. The maximum absolute atomic E-state index is 12.4. The summed E-state index contributed by atoms with van der Waals surface area (Å²) in [6.45, 7) is 5.69. The SMILES string of the molecule is Cc1nc2ccccc2nc1OCC(=O)c1cc(C)n(C)c1C. The van der Waals surface area contributed by atoms with Crippen molar-refractivity contribution in [2.75, 3.05) is 6.61 Å². The van der Waals surface area contributed by atoms with Crippen LogP contribution in [0.3, 0.4) is 0 Å². The van der Waals surface area contributed by atoms with Gasteiger partial charge in [0.2, 0.25) is 11.7 Å². The maximum Gasteiger partial charge on any atom is 0.236 e. The Kier molecular flexibility index (Phi) is 3.86. The van der Waals surface area contributed by atoms with Gasteiger partial charge >= 0.3 is 0 Å². The highest BCUT2D eigenvalue weighted by atomic mass is 16.5. The number of hydrogen-bond donors (Lipinski definition) is 0. The molecule has 5 heteroatoms. The zero-order valence-electron chi connectivity index (χ0n) is 13.8. The standard InChI is InChI=1S/C18H19N3O2/c1-11-9-14(13(3)21(11)4)17(22)10-23-18-12(2)19-15-7-5-6-8-16(15)20-18/h5-9H,10H2,1-4H3. The minimum atomic E-state index is -0.0550. The van der Waals surface area contributed by atoms with Gasteiger partial charge in [-0.3, -0.25) is 4.79 Å². The summed E-state index contributed by atoms with van der Waals surface area (Å²) < 4.78 is 7.63. The number of hydrogen-bond acceptors (Lipinski definition) is 4. The average Bonchev–Trinajstić information content (AvgIpc) is 2.80. The van der Waals surface area contributed by atoms with Gasteiger partial charge in [-0.2, -0.15) is 0 Å². The molecule has 0 aliphatic rings. The third kappa shape index (κ3) is 2.82. The Balaban J connectivity index is 1.81. The van der Waals surface area contributed by atoms with Gasteiger partial charge in [-0.1, -0.05) is 12.1 Å². The third-order valence-electron chi connectivity index (χ3n) is 4.12. The molecule has 0 aliphatic heterocycles. The lowest BCUT2D eigenvalue weighted by Crippen LogP contribution is -2.14. The number of carbonyl (C=O) groups is 1. The minimum Gasteiger partial charge on any atom is -0.468 e. The highest BCUT2D eigenvalue weighted by molar-refractivity contribution is 5.98. The van der Waals surface area contributed by atoms with Crippen molar-refractivity contribution in [3.8, 4) is 5.88 Å². The molecule has 3 rings (SSSR count). The molecule has 0 aliphatic carbocycles. The summed E-state index contributed by atoms with van der Waals surface area (Å²) in [5, 5.41) is 0. The number of ether oxygens (including phenoxy) is 1. The van der Waals surface area contributed by atoms with E-state index in [2.05, 4.69) is 9.97 Å². The number of carbonyl (C=O) groups excluding carboxylic acids is 1. The number of ketones is 1. The summed E-state index contributed by atoms with van der Waals surface area (Å²) >= 11 is 0. The van der Waals surface area contributed by atoms with Gasteiger partial charge in [0.05, 0.1) is 11.0 Å². The molecule has 0 bridgehead atoms. The number of aromatic nitrogens is 3. The fourth-order valence-corrected chi connectivity index (χ4v) is 2.56. The molecule has 2 heterocycles. The third-order valence-corrected chi connectivity index (χ3v) is 4.12. The first kappa shape index (κ1) is 15.2. The number of nitrogens with zero attached hydrogens (tertiary/aromatic N) is 3. The van der Waals surface area contributed by atoms with Gasteiger partial charge in [0, 0.05) is 24.0 Å². The van der Waals surface area contributed by atoms with Crippen LogP contribution in [0.25, 0.3) is 11.0 Å². The second-order valence-corrected chi connectivity index (χ2v) is 5.66. The number of Topliss-reactive ketones (excluding diaryl/α,β-unsaturated/α-hetero) is 1. The van der Waals surface area contributed by atoms with Crippen LogP contribution >= 0.6 is 0 Å². The summed E-state index contributed by atoms with van der Waals surface area (Å²) in [7, 11) is 1.95. The van der Waals surface area contributed by atoms with E-state index in [1.165, 1.54) is 0 Å². The molecule has 0 radical (unpaired) electrons. The van der Waals surface area contributed by atoms with Crippen molar-refractivity contribution in [1.82, 2.24) is 14.5 Å². The van der Waals surface area contributed by atoms with Gasteiger partial charge in [-0.15, -0.1) is 0 Å². The predicted molar refractivity (Wildman–Crippen MR) is 89.0 cm³/mol. The van der Waals surface area contributed by atoms with Gasteiger partial charge in [0.25, 0.3) is 0 Å². The first-order valence-electron chi connectivity index (χ1n) is 7.49. The van der Waals surface area contributed by atoms with Crippen molar-refractivity contribution in [2.24, 2.45) is 7.05 Å². The van der Waals surface area contributed by atoms with Crippen LogP contribution in [0.15, 0.2) is 30.3 Å². The van der Waals surface area contributed by atoms with Crippen LogP contribution in [0.4, 0.5) is 0 Å². The van der Waals surface area contributed by atoms with E-state index in [0.717, 1.165) is 22.4 Å². The predicted octanol–water partition coefficient (Wildman–Crippen LogP) is 3.16. The van der Waals surface area contributed by atoms with Crippen molar-refractivity contribution in [2.45, 2.75) is 20.8 Å². The van der Waals surface area contributed by atoms with Crippen LogP contribution in [0, 0.1) is 20.8 Å². The molecule has 0 spiro atoms. The van der Waals surface area contributed by atoms with Crippen LogP contribution < -0.4 is 4.74 Å². The van der Waals surface area contributed by atoms with Crippen molar-refractivity contribution < 1.29 is 9.53 Å². The zero-order chi connectivity index (χ0) is 16.6. The maximum atomic E-state index is 12.4. The van der Waals surface area contributed by atoms with Crippen molar-refractivity contribution in [3.05, 3.63) is 53.0 Å². The summed E-state index contributed by atoms with van der Waals surface area (Å²) in [6, 6.07) is 9.49. The smallest absolute Gasteiger partial charge is 0.236 e. The summed E-state index contributed by atoms with van der Waals surface area (Å²) in [5.74, 6) is 0.350. The lowest BCUT2D eigenvalue weighted by atomic mass is 10.1. The van der Waals surface area contributed by atoms with E-state index in [-0.39, 0.29) is 12.4 Å². The van der Waals surface area contributed by atoms with Crippen LogP contribution in [0.1, 0.15) is 27.4 Å². The van der Waals surface area contributed by atoms with E-state index in [4.69, 9.17) is 4.74 Å². The van der Waals surface area contributed by atoms with E-state index >= 15 is 0 Å². The van der Waals surface area contributed by atoms with Crippen LogP contribution in [-0.4, -0.2) is 26.9 Å². The molecule has 0 fully saturated rings. The molecule has 0 unspecified atom stereocenters. The number of para-hydroxylation sites is 2. The minimum absolute atomic E-state index is 0.0435. The number of aryl methyl sites for hydroxylation is 2. The van der Waals surface area contributed by atoms with Crippen LogP contribution in [0.2, 0.25) is 0 Å². The van der Waals surface area contributed by atoms with Crippen LogP contribution in [0.5, 0.6) is 5.88 Å². The fraction of sp³-hybridized carbons (Fsp3) is 0.278. The molecule has 118 valence electrons. The summed E-state index contributed by atoms with van der Waals surface area (Å²) in [5.41, 5.74) is 4.93. The van der Waals surface area contributed by atoms with Gasteiger partial charge in [0.1, 0.15) is 5.69 Å². The largest absolute Gasteiger partial charge is 0.468 e. The zero-order valence-corrected chi connectivity index (χ0v) is 13.8. The van der Waals surface area contributed by atoms with Gasteiger partial charge < -0.3 is 9.30 Å².